The monoisotopic (exact) mass is 355 g/mol. The van der Waals surface area contributed by atoms with Gasteiger partial charge in [-0.15, -0.1) is 11.3 Å². The van der Waals surface area contributed by atoms with Crippen LogP contribution in [0.25, 0.3) is 0 Å². The van der Waals surface area contributed by atoms with Crippen molar-refractivity contribution < 1.29 is 23.8 Å². The molecule has 0 saturated carbocycles. The van der Waals surface area contributed by atoms with Crippen molar-refractivity contribution in [3.05, 3.63) is 16.1 Å². The van der Waals surface area contributed by atoms with Gasteiger partial charge in [-0.2, -0.15) is 0 Å². The Morgan fingerprint density at radius 2 is 2.17 bits per heavy atom. The van der Waals surface area contributed by atoms with E-state index in [1.165, 1.54) is 18.4 Å². The Kier molecular flexibility index (Phi) is 5.43. The number of nitrogens with one attached hydrogen (secondary N) is 1. The zero-order valence-electron chi connectivity index (χ0n) is 14.3. The fraction of sp³-hybridized carbons (Fsp3) is 0.600. The molecular formula is C15H21N3O5S. The van der Waals surface area contributed by atoms with Crippen molar-refractivity contribution in [2.24, 2.45) is 4.99 Å². The predicted octanol–water partition coefficient (Wildman–Crippen LogP) is 2.05. The van der Waals surface area contributed by atoms with Crippen molar-refractivity contribution in [2.75, 3.05) is 13.7 Å². The number of aromatic nitrogens is 1. The summed E-state index contributed by atoms with van der Waals surface area (Å²) in [6, 6.07) is -0.982. The number of nitrogens with zero attached hydrogens (tertiary/aromatic N) is 2. The lowest BCUT2D eigenvalue weighted by atomic mass is 10.2. The summed E-state index contributed by atoms with van der Waals surface area (Å²) in [6.07, 6.45) is -0.507. The minimum Gasteiger partial charge on any atom is -0.473 e. The Morgan fingerprint density at radius 1 is 1.46 bits per heavy atom. The van der Waals surface area contributed by atoms with Gasteiger partial charge in [-0.3, -0.25) is 0 Å². The topological polar surface area (TPSA) is 99.1 Å². The molecule has 0 aliphatic carbocycles. The lowest BCUT2D eigenvalue weighted by Crippen LogP contribution is -2.34. The van der Waals surface area contributed by atoms with Crippen LogP contribution in [-0.4, -0.2) is 48.3 Å². The van der Waals surface area contributed by atoms with Crippen molar-refractivity contribution in [2.45, 2.75) is 45.4 Å². The molecule has 8 nitrogen and oxygen atoms in total. The SMILES string of the molecule is COC(=O)[C@@H]1COC(c2csc([C@@H](C)NC(=O)OC(C)(C)C)n2)=N1. The van der Waals surface area contributed by atoms with E-state index in [1.807, 2.05) is 0 Å². The van der Waals surface area contributed by atoms with Crippen molar-refractivity contribution in [3.63, 3.8) is 0 Å². The molecule has 0 spiro atoms. The zero-order valence-corrected chi connectivity index (χ0v) is 15.1. The van der Waals surface area contributed by atoms with E-state index in [0.717, 1.165) is 0 Å². The first-order chi connectivity index (χ1) is 11.2. The summed E-state index contributed by atoms with van der Waals surface area (Å²) in [5, 5.41) is 5.17. The first-order valence-corrected chi connectivity index (χ1v) is 8.31. The second-order valence-corrected chi connectivity index (χ2v) is 7.11. The highest BCUT2D eigenvalue weighted by molar-refractivity contribution is 7.09. The van der Waals surface area contributed by atoms with E-state index in [1.54, 1.807) is 33.1 Å². The molecule has 0 aromatic carbocycles. The summed E-state index contributed by atoms with van der Waals surface area (Å²) in [5.74, 6) is -0.141. The van der Waals surface area contributed by atoms with Crippen LogP contribution in [0.4, 0.5) is 4.79 Å². The highest BCUT2D eigenvalue weighted by Gasteiger charge is 2.29. The summed E-state index contributed by atoms with van der Waals surface area (Å²) in [5.41, 5.74) is -0.0353. The minimum absolute atomic E-state index is 0.139. The zero-order chi connectivity index (χ0) is 17.9. The number of aliphatic imine (C=N–C) groups is 1. The van der Waals surface area contributed by atoms with Crippen LogP contribution in [0.1, 0.15) is 44.4 Å². The van der Waals surface area contributed by atoms with Gasteiger partial charge in [0.25, 0.3) is 0 Å². The van der Waals surface area contributed by atoms with E-state index >= 15 is 0 Å². The van der Waals surface area contributed by atoms with Crippen LogP contribution in [0.3, 0.4) is 0 Å². The maximum atomic E-state index is 11.8. The smallest absolute Gasteiger partial charge is 0.408 e. The molecule has 9 heteroatoms. The number of esters is 1. The van der Waals surface area contributed by atoms with Crippen LogP contribution >= 0.6 is 11.3 Å². The Balaban J connectivity index is 2.00. The van der Waals surface area contributed by atoms with Crippen LogP contribution in [0.2, 0.25) is 0 Å². The predicted molar refractivity (Wildman–Crippen MR) is 88.2 cm³/mol. The molecule has 24 heavy (non-hydrogen) atoms. The molecule has 132 valence electrons. The molecular weight excluding hydrogens is 334 g/mol. The molecule has 1 aromatic heterocycles. The first kappa shape index (κ1) is 18.2. The molecule has 0 saturated heterocycles. The summed E-state index contributed by atoms with van der Waals surface area (Å²) in [6.45, 7) is 7.34. The molecule has 2 atom stereocenters. The van der Waals surface area contributed by atoms with Gasteiger partial charge in [0, 0.05) is 5.38 Å². The van der Waals surface area contributed by atoms with E-state index in [4.69, 9.17) is 9.47 Å². The van der Waals surface area contributed by atoms with Crippen LogP contribution < -0.4 is 5.32 Å². The molecule has 2 rings (SSSR count). The number of rotatable bonds is 4. The van der Waals surface area contributed by atoms with Crippen molar-refractivity contribution in [3.8, 4) is 0 Å². The van der Waals surface area contributed by atoms with Gasteiger partial charge in [0.05, 0.1) is 13.2 Å². The van der Waals surface area contributed by atoms with Crippen LogP contribution in [0.15, 0.2) is 10.4 Å². The van der Waals surface area contributed by atoms with Gasteiger partial charge in [-0.05, 0) is 27.7 Å². The van der Waals surface area contributed by atoms with Crippen molar-refractivity contribution in [1.82, 2.24) is 10.3 Å². The largest absolute Gasteiger partial charge is 0.473 e. The Labute approximate surface area is 144 Å². The third kappa shape index (κ3) is 4.67. The van der Waals surface area contributed by atoms with E-state index in [0.29, 0.717) is 16.6 Å². The molecule has 0 fully saturated rings. The maximum Gasteiger partial charge on any atom is 0.408 e. The fourth-order valence-electron chi connectivity index (χ4n) is 1.90. The normalized spacial score (nSPS) is 18.4. The molecule has 1 aromatic rings. The highest BCUT2D eigenvalue weighted by Crippen LogP contribution is 2.21. The summed E-state index contributed by atoms with van der Waals surface area (Å²) < 4.78 is 15.3. The molecule has 1 amide bonds. The molecule has 1 aliphatic heterocycles. The maximum absolute atomic E-state index is 11.8. The Bertz CT molecular complexity index is 650. The number of alkyl carbamates (subject to hydrolysis) is 1. The second kappa shape index (κ2) is 7.16. The van der Waals surface area contributed by atoms with Crippen molar-refractivity contribution in [1.29, 1.82) is 0 Å². The molecule has 0 unspecified atom stereocenters. The first-order valence-electron chi connectivity index (χ1n) is 7.43. The van der Waals surface area contributed by atoms with E-state index in [2.05, 4.69) is 20.0 Å². The van der Waals surface area contributed by atoms with Gasteiger partial charge in [0.1, 0.15) is 22.9 Å². The number of hydrogen-bond acceptors (Lipinski definition) is 8. The van der Waals surface area contributed by atoms with Crippen molar-refractivity contribution >= 4 is 29.3 Å². The number of carbonyl (C=O) groups excluding carboxylic acids is 2. The van der Waals surface area contributed by atoms with Gasteiger partial charge in [-0.25, -0.2) is 19.6 Å². The van der Waals surface area contributed by atoms with Gasteiger partial charge in [-0.1, -0.05) is 0 Å². The van der Waals surface area contributed by atoms with Gasteiger partial charge < -0.3 is 19.5 Å². The molecule has 1 aliphatic rings. The molecule has 0 radical (unpaired) electrons. The Hall–Kier alpha value is -2.16. The van der Waals surface area contributed by atoms with Gasteiger partial charge >= 0.3 is 12.1 Å². The average molecular weight is 355 g/mol. The average Bonchev–Trinajstić information content (AvgIpc) is 3.13. The number of carbonyl (C=O) groups is 2. The number of amides is 1. The van der Waals surface area contributed by atoms with Crippen LogP contribution in [0, 0.1) is 0 Å². The summed E-state index contributed by atoms with van der Waals surface area (Å²) in [4.78, 5) is 31.8. The number of hydrogen-bond donors (Lipinski definition) is 1. The lowest BCUT2D eigenvalue weighted by Gasteiger charge is -2.21. The van der Waals surface area contributed by atoms with Gasteiger partial charge in [0.2, 0.25) is 5.90 Å². The molecule has 2 heterocycles. The number of thiazole rings is 1. The quantitative estimate of drug-likeness (QED) is 0.830. The third-order valence-electron chi connectivity index (χ3n) is 2.97. The third-order valence-corrected chi connectivity index (χ3v) is 4.00. The second-order valence-electron chi connectivity index (χ2n) is 6.22. The molecule has 1 N–H and O–H groups in total. The minimum atomic E-state index is -0.660. The number of ether oxygens (including phenoxy) is 3. The fourth-order valence-corrected chi connectivity index (χ4v) is 2.70. The molecule has 0 bridgehead atoms. The van der Waals surface area contributed by atoms with Crippen LogP contribution in [-0.2, 0) is 19.0 Å². The lowest BCUT2D eigenvalue weighted by molar-refractivity contribution is -0.142. The summed E-state index contributed by atoms with van der Waals surface area (Å²) >= 11 is 1.36. The highest BCUT2D eigenvalue weighted by atomic mass is 32.1. The van der Waals surface area contributed by atoms with E-state index < -0.39 is 23.7 Å². The summed E-state index contributed by atoms with van der Waals surface area (Å²) in [7, 11) is 1.31. The van der Waals surface area contributed by atoms with Crippen LogP contribution in [0.5, 0.6) is 0 Å². The number of methoxy groups -OCH3 is 1. The standard InChI is InChI=1S/C15H21N3O5S/c1-8(16-14(20)23-15(2,3)4)12-18-10(7-24-12)11-17-9(6-22-11)13(19)21-5/h7-9H,6H2,1-5H3,(H,16,20)/t8-,9+/m1/s1. The van der Waals surface area contributed by atoms with E-state index in [-0.39, 0.29) is 12.6 Å². The Morgan fingerprint density at radius 3 is 2.79 bits per heavy atom. The van der Waals surface area contributed by atoms with Gasteiger partial charge in [0.15, 0.2) is 6.04 Å². The van der Waals surface area contributed by atoms with E-state index in [9.17, 15) is 9.59 Å².